The van der Waals surface area contributed by atoms with E-state index in [1.165, 1.54) is 0 Å². The molecule has 8 nitrogen and oxygen atoms in total. The Hall–Kier alpha value is -4.14. The molecule has 0 radical (unpaired) electrons. The Morgan fingerprint density at radius 2 is 1.67 bits per heavy atom. The predicted octanol–water partition coefficient (Wildman–Crippen LogP) is 3.82. The monoisotopic (exact) mass is 484 g/mol. The van der Waals surface area contributed by atoms with E-state index in [1.807, 2.05) is 65.6 Å². The summed E-state index contributed by atoms with van der Waals surface area (Å²) in [7, 11) is 0. The molecule has 1 aliphatic heterocycles. The van der Waals surface area contributed by atoms with Crippen LogP contribution in [0.1, 0.15) is 31.8 Å². The number of H-pyrrole nitrogens is 1. The van der Waals surface area contributed by atoms with Crippen LogP contribution in [0.3, 0.4) is 0 Å². The van der Waals surface area contributed by atoms with Crippen molar-refractivity contribution in [2.45, 2.75) is 13.2 Å². The van der Waals surface area contributed by atoms with Crippen molar-refractivity contribution in [3.63, 3.8) is 0 Å². The molecule has 4 aromatic rings. The van der Waals surface area contributed by atoms with E-state index in [2.05, 4.69) is 9.88 Å². The molecule has 0 bridgehead atoms. The number of benzene rings is 3. The molecule has 36 heavy (non-hydrogen) atoms. The summed E-state index contributed by atoms with van der Waals surface area (Å²) in [6.45, 7) is 4.06. The molecule has 1 fully saturated rings. The second-order valence-corrected chi connectivity index (χ2v) is 8.89. The number of rotatable bonds is 7. The number of aromatic amines is 1. The Morgan fingerprint density at radius 3 is 2.39 bits per heavy atom. The number of aromatic nitrogens is 1. The van der Waals surface area contributed by atoms with E-state index in [9.17, 15) is 9.59 Å². The van der Waals surface area contributed by atoms with Crippen molar-refractivity contribution in [2.75, 3.05) is 26.2 Å². The van der Waals surface area contributed by atoms with Gasteiger partial charge in [-0.15, -0.1) is 0 Å². The molecule has 3 N–H and O–H groups in total. The van der Waals surface area contributed by atoms with E-state index < -0.39 is 5.91 Å². The minimum absolute atomic E-state index is 0.0261. The largest absolute Gasteiger partial charge is 0.489 e. The molecular formula is C28H28N4O4. The average Bonchev–Trinajstić information content (AvgIpc) is 3.36. The summed E-state index contributed by atoms with van der Waals surface area (Å²) in [5, 5.41) is 9.63. The maximum absolute atomic E-state index is 13.3. The van der Waals surface area contributed by atoms with Crippen LogP contribution in [0.15, 0.2) is 79.0 Å². The van der Waals surface area contributed by atoms with Gasteiger partial charge in [0.05, 0.1) is 5.56 Å². The Labute approximate surface area is 209 Å². The first-order valence-corrected chi connectivity index (χ1v) is 11.9. The van der Waals surface area contributed by atoms with Crippen LogP contribution < -0.4 is 10.2 Å². The molecule has 8 heteroatoms. The standard InChI is InChI=1S/C28H28N4O4/c33-27(30-35)22-8-6-20(7-9-22)18-31-12-14-32(15-13-31)28(34)25-17-29-26-16-23(10-11-24(25)26)36-19-21-4-2-1-3-5-21/h1-11,16-17,29,35H,12-15,18-19H2,(H,30,33). The number of nitrogens with one attached hydrogen (secondary N) is 2. The summed E-state index contributed by atoms with van der Waals surface area (Å²) in [6, 6.07) is 22.9. The molecular weight excluding hydrogens is 456 g/mol. The van der Waals surface area contributed by atoms with E-state index in [0.717, 1.165) is 47.4 Å². The van der Waals surface area contributed by atoms with Crippen molar-refractivity contribution < 1.29 is 19.5 Å². The third-order valence-electron chi connectivity index (χ3n) is 6.52. The van der Waals surface area contributed by atoms with Crippen LogP contribution >= 0.6 is 0 Å². The van der Waals surface area contributed by atoms with Crippen LogP contribution in [0, 0.1) is 0 Å². The number of hydroxylamine groups is 1. The van der Waals surface area contributed by atoms with Crippen molar-refractivity contribution in [2.24, 2.45) is 0 Å². The van der Waals surface area contributed by atoms with Gasteiger partial charge in [-0.1, -0.05) is 42.5 Å². The number of hydrogen-bond acceptors (Lipinski definition) is 5. The van der Waals surface area contributed by atoms with Gasteiger partial charge in [-0.25, -0.2) is 5.48 Å². The SMILES string of the molecule is O=C(NO)c1ccc(CN2CCN(C(=O)c3c[nH]c4cc(OCc5ccccc5)ccc34)CC2)cc1. The number of fused-ring (bicyclic) bond motifs is 1. The highest BCUT2D eigenvalue weighted by Crippen LogP contribution is 2.25. The lowest BCUT2D eigenvalue weighted by Gasteiger charge is -2.34. The number of piperazine rings is 1. The summed E-state index contributed by atoms with van der Waals surface area (Å²) in [4.78, 5) is 32.1. The highest BCUT2D eigenvalue weighted by atomic mass is 16.5. The minimum atomic E-state index is -0.526. The highest BCUT2D eigenvalue weighted by molar-refractivity contribution is 6.07. The number of carbonyl (C=O) groups is 2. The summed E-state index contributed by atoms with van der Waals surface area (Å²) < 4.78 is 5.92. The molecule has 2 heterocycles. The molecule has 3 aromatic carbocycles. The highest BCUT2D eigenvalue weighted by Gasteiger charge is 2.24. The van der Waals surface area contributed by atoms with E-state index in [1.54, 1.807) is 23.8 Å². The summed E-state index contributed by atoms with van der Waals surface area (Å²) in [6.07, 6.45) is 1.78. The van der Waals surface area contributed by atoms with E-state index in [4.69, 9.17) is 9.94 Å². The van der Waals surface area contributed by atoms with Gasteiger partial charge in [0.15, 0.2) is 0 Å². The number of carbonyl (C=O) groups excluding carboxylic acids is 2. The van der Waals surface area contributed by atoms with E-state index in [-0.39, 0.29) is 5.91 Å². The average molecular weight is 485 g/mol. The smallest absolute Gasteiger partial charge is 0.274 e. The lowest BCUT2D eigenvalue weighted by Crippen LogP contribution is -2.48. The van der Waals surface area contributed by atoms with Crippen molar-refractivity contribution in [3.05, 3.63) is 101 Å². The van der Waals surface area contributed by atoms with Gasteiger partial charge < -0.3 is 14.6 Å². The number of ether oxygens (including phenoxy) is 1. The van der Waals surface area contributed by atoms with Gasteiger partial charge in [0.2, 0.25) is 0 Å². The fourth-order valence-corrected chi connectivity index (χ4v) is 4.48. The van der Waals surface area contributed by atoms with Crippen molar-refractivity contribution >= 4 is 22.7 Å². The van der Waals surface area contributed by atoms with Crippen LogP contribution in [0.4, 0.5) is 0 Å². The quantitative estimate of drug-likeness (QED) is 0.274. The topological polar surface area (TPSA) is 97.9 Å². The van der Waals surface area contributed by atoms with Crippen LogP contribution in [0.25, 0.3) is 10.9 Å². The fourth-order valence-electron chi connectivity index (χ4n) is 4.48. The number of hydrogen-bond donors (Lipinski definition) is 3. The van der Waals surface area contributed by atoms with Gasteiger partial charge in [-0.05, 0) is 35.4 Å². The van der Waals surface area contributed by atoms with Crippen molar-refractivity contribution in [1.29, 1.82) is 0 Å². The fraction of sp³-hybridized carbons (Fsp3) is 0.214. The van der Waals surface area contributed by atoms with Crippen molar-refractivity contribution in [3.8, 4) is 5.75 Å². The Balaban J connectivity index is 1.17. The van der Waals surface area contributed by atoms with Gasteiger partial charge in [0.25, 0.3) is 11.8 Å². The third-order valence-corrected chi connectivity index (χ3v) is 6.52. The first kappa shape index (κ1) is 23.6. The van der Waals surface area contributed by atoms with Gasteiger partial charge in [0.1, 0.15) is 12.4 Å². The van der Waals surface area contributed by atoms with E-state index in [0.29, 0.717) is 30.8 Å². The van der Waals surface area contributed by atoms with Gasteiger partial charge in [-0.3, -0.25) is 19.7 Å². The normalized spacial score (nSPS) is 14.1. The molecule has 1 aliphatic rings. The second kappa shape index (κ2) is 10.6. The molecule has 184 valence electrons. The van der Waals surface area contributed by atoms with Gasteiger partial charge in [-0.2, -0.15) is 0 Å². The first-order chi connectivity index (χ1) is 17.6. The predicted molar refractivity (Wildman–Crippen MR) is 136 cm³/mol. The molecule has 0 unspecified atom stereocenters. The molecule has 0 aliphatic carbocycles. The molecule has 1 saturated heterocycles. The van der Waals surface area contributed by atoms with Crippen LogP contribution in [0.5, 0.6) is 5.75 Å². The molecule has 0 saturated carbocycles. The molecule has 0 spiro atoms. The van der Waals surface area contributed by atoms with Gasteiger partial charge in [0, 0.05) is 61.5 Å². The van der Waals surface area contributed by atoms with Crippen LogP contribution in [0.2, 0.25) is 0 Å². The maximum Gasteiger partial charge on any atom is 0.274 e. The lowest BCUT2D eigenvalue weighted by molar-refractivity contribution is 0.0630. The molecule has 2 amide bonds. The molecule has 5 rings (SSSR count). The summed E-state index contributed by atoms with van der Waals surface area (Å²) >= 11 is 0. The van der Waals surface area contributed by atoms with E-state index >= 15 is 0 Å². The zero-order valence-corrected chi connectivity index (χ0v) is 19.8. The molecule has 1 aromatic heterocycles. The summed E-state index contributed by atoms with van der Waals surface area (Å²) in [5.74, 6) is 0.256. The Bertz CT molecular complexity index is 1340. The Kier molecular flexibility index (Phi) is 6.97. The van der Waals surface area contributed by atoms with Gasteiger partial charge >= 0.3 is 0 Å². The lowest BCUT2D eigenvalue weighted by atomic mass is 10.1. The second-order valence-electron chi connectivity index (χ2n) is 8.89. The van der Waals surface area contributed by atoms with Crippen LogP contribution in [-0.4, -0.2) is 58.0 Å². The van der Waals surface area contributed by atoms with Crippen LogP contribution in [-0.2, 0) is 13.2 Å². The summed E-state index contributed by atoms with van der Waals surface area (Å²) in [5.41, 5.74) is 5.77. The zero-order chi connectivity index (χ0) is 24.9. The number of nitrogens with zero attached hydrogens (tertiary/aromatic N) is 2. The third kappa shape index (κ3) is 5.25. The minimum Gasteiger partial charge on any atom is -0.489 e. The van der Waals surface area contributed by atoms with Crippen molar-refractivity contribution in [1.82, 2.24) is 20.3 Å². The first-order valence-electron chi connectivity index (χ1n) is 11.9. The maximum atomic E-state index is 13.3. The number of amides is 2. The Morgan fingerprint density at radius 1 is 0.917 bits per heavy atom. The zero-order valence-electron chi connectivity index (χ0n) is 19.8. The molecule has 0 atom stereocenters.